The second kappa shape index (κ2) is 4.83. The monoisotopic (exact) mass is 267 g/mol. The van der Waals surface area contributed by atoms with Crippen LogP contribution in [0.1, 0.15) is 19.3 Å². The molecule has 1 aliphatic heterocycles. The highest BCUT2D eigenvalue weighted by molar-refractivity contribution is 6.13. The number of nitrogens with zero attached hydrogens (tertiary/aromatic N) is 1. The quantitative estimate of drug-likeness (QED) is 0.688. The molecule has 102 valence electrons. The molecule has 19 heavy (non-hydrogen) atoms. The van der Waals surface area contributed by atoms with Crippen molar-refractivity contribution in [1.29, 1.82) is 0 Å². The van der Waals surface area contributed by atoms with Gasteiger partial charge in [0.15, 0.2) is 0 Å². The Balaban J connectivity index is 2.20. The molecule has 7 nitrogen and oxygen atoms in total. The molecule has 0 saturated heterocycles. The summed E-state index contributed by atoms with van der Waals surface area (Å²) in [5, 5.41) is 18.1. The fraction of sp³-hybridized carbons (Fsp3) is 0.500. The summed E-state index contributed by atoms with van der Waals surface area (Å²) in [5.74, 6) is -4.90. The molecule has 2 amide bonds. The first-order valence-corrected chi connectivity index (χ1v) is 5.91. The molecular weight excluding hydrogens is 254 g/mol. The summed E-state index contributed by atoms with van der Waals surface area (Å²) in [5.41, 5.74) is 0. The molecule has 0 aromatic rings. The van der Waals surface area contributed by atoms with Gasteiger partial charge in [0.25, 0.3) is 11.8 Å². The van der Waals surface area contributed by atoms with E-state index in [1.165, 1.54) is 0 Å². The fourth-order valence-corrected chi connectivity index (χ4v) is 2.67. The Kier molecular flexibility index (Phi) is 3.37. The van der Waals surface area contributed by atoms with Crippen molar-refractivity contribution in [2.24, 2.45) is 11.8 Å². The highest BCUT2D eigenvalue weighted by atomic mass is 16.4. The minimum atomic E-state index is -1.09. The Bertz CT molecular complexity index is 443. The van der Waals surface area contributed by atoms with Gasteiger partial charge in [0, 0.05) is 18.2 Å². The third-order valence-electron chi connectivity index (χ3n) is 3.59. The minimum absolute atomic E-state index is 0.0326. The summed E-state index contributed by atoms with van der Waals surface area (Å²) in [6.07, 6.45) is 2.48. The van der Waals surface area contributed by atoms with Crippen LogP contribution in [0.4, 0.5) is 0 Å². The standard InChI is InChI=1S/C12H13NO6/c14-9-1-2-10(15)13(9)8-4-6(11(16)17)3-7(5-8)12(18)19/h1-2,6-8H,3-5H2,(H,16,17)(H,18,19). The van der Waals surface area contributed by atoms with Crippen LogP contribution in [0.2, 0.25) is 0 Å². The van der Waals surface area contributed by atoms with Gasteiger partial charge < -0.3 is 10.2 Å². The molecule has 0 aromatic heterocycles. The largest absolute Gasteiger partial charge is 0.481 e. The molecule has 7 heteroatoms. The smallest absolute Gasteiger partial charge is 0.306 e. The lowest BCUT2D eigenvalue weighted by atomic mass is 9.78. The summed E-state index contributed by atoms with van der Waals surface area (Å²) < 4.78 is 0. The number of rotatable bonds is 3. The van der Waals surface area contributed by atoms with Gasteiger partial charge in [-0.3, -0.25) is 24.1 Å². The zero-order valence-electron chi connectivity index (χ0n) is 9.98. The molecule has 0 bridgehead atoms. The van der Waals surface area contributed by atoms with Crippen molar-refractivity contribution in [3.63, 3.8) is 0 Å². The summed E-state index contributed by atoms with van der Waals surface area (Å²) >= 11 is 0. The predicted octanol–water partition coefficient (Wildman–Crippen LogP) is -0.135. The Morgan fingerprint density at radius 2 is 1.37 bits per heavy atom. The van der Waals surface area contributed by atoms with Gasteiger partial charge in [-0.15, -0.1) is 0 Å². The Labute approximate surface area is 108 Å². The topological polar surface area (TPSA) is 112 Å². The van der Waals surface area contributed by atoms with Crippen LogP contribution in [-0.2, 0) is 19.2 Å². The number of carboxylic acids is 2. The Morgan fingerprint density at radius 1 is 0.947 bits per heavy atom. The van der Waals surface area contributed by atoms with Gasteiger partial charge in [0.05, 0.1) is 11.8 Å². The molecule has 2 aliphatic rings. The van der Waals surface area contributed by atoms with Crippen LogP contribution in [0.15, 0.2) is 12.2 Å². The second-order valence-corrected chi connectivity index (χ2v) is 4.81. The van der Waals surface area contributed by atoms with E-state index in [1.807, 2.05) is 0 Å². The maximum Gasteiger partial charge on any atom is 0.306 e. The number of hydrogen-bond acceptors (Lipinski definition) is 4. The van der Waals surface area contributed by atoms with Crippen molar-refractivity contribution >= 4 is 23.8 Å². The normalized spacial score (nSPS) is 30.7. The number of aliphatic carboxylic acids is 2. The summed E-state index contributed by atoms with van der Waals surface area (Å²) in [4.78, 5) is 46.2. The second-order valence-electron chi connectivity index (χ2n) is 4.81. The highest BCUT2D eigenvalue weighted by Crippen LogP contribution is 2.33. The van der Waals surface area contributed by atoms with E-state index in [4.69, 9.17) is 10.2 Å². The fourth-order valence-electron chi connectivity index (χ4n) is 2.67. The van der Waals surface area contributed by atoms with Gasteiger partial charge in [0.1, 0.15) is 0 Å². The average Bonchev–Trinajstić information content (AvgIpc) is 2.68. The van der Waals surface area contributed by atoms with E-state index in [-0.39, 0.29) is 19.3 Å². The molecular formula is C12H13NO6. The Hall–Kier alpha value is -2.18. The molecule has 1 aliphatic carbocycles. The van der Waals surface area contributed by atoms with Crippen molar-refractivity contribution in [2.45, 2.75) is 25.3 Å². The van der Waals surface area contributed by atoms with Gasteiger partial charge in [-0.25, -0.2) is 0 Å². The molecule has 2 unspecified atom stereocenters. The lowest BCUT2D eigenvalue weighted by Gasteiger charge is -2.35. The van der Waals surface area contributed by atoms with Crippen LogP contribution in [0, 0.1) is 11.8 Å². The maximum atomic E-state index is 11.6. The average molecular weight is 267 g/mol. The van der Waals surface area contributed by atoms with Crippen LogP contribution in [0.5, 0.6) is 0 Å². The summed E-state index contributed by atoms with van der Waals surface area (Å²) in [6.45, 7) is 0. The van der Waals surface area contributed by atoms with Crippen molar-refractivity contribution in [3.8, 4) is 0 Å². The molecule has 0 spiro atoms. The van der Waals surface area contributed by atoms with Gasteiger partial charge in [-0.1, -0.05) is 0 Å². The Morgan fingerprint density at radius 3 is 1.74 bits per heavy atom. The van der Waals surface area contributed by atoms with E-state index in [0.717, 1.165) is 17.1 Å². The van der Waals surface area contributed by atoms with Gasteiger partial charge >= 0.3 is 11.9 Å². The number of carbonyl (C=O) groups is 4. The molecule has 2 atom stereocenters. The molecule has 2 rings (SSSR count). The molecule has 1 fully saturated rings. The highest BCUT2D eigenvalue weighted by Gasteiger charge is 2.42. The van der Waals surface area contributed by atoms with Crippen molar-refractivity contribution in [2.75, 3.05) is 0 Å². The third-order valence-corrected chi connectivity index (χ3v) is 3.59. The zero-order valence-corrected chi connectivity index (χ0v) is 9.98. The van der Waals surface area contributed by atoms with E-state index >= 15 is 0 Å². The van der Waals surface area contributed by atoms with Crippen molar-refractivity contribution in [3.05, 3.63) is 12.2 Å². The molecule has 0 radical (unpaired) electrons. The van der Waals surface area contributed by atoms with Crippen LogP contribution >= 0.6 is 0 Å². The lowest BCUT2D eigenvalue weighted by molar-refractivity contribution is -0.154. The SMILES string of the molecule is O=C(O)C1CC(C(=O)O)CC(N2C(=O)C=CC2=O)C1. The van der Waals surface area contributed by atoms with Gasteiger partial charge in [0.2, 0.25) is 0 Å². The molecule has 1 heterocycles. The zero-order chi connectivity index (χ0) is 14.2. The number of carbonyl (C=O) groups excluding carboxylic acids is 2. The van der Waals surface area contributed by atoms with Crippen molar-refractivity contribution < 1.29 is 29.4 Å². The van der Waals surface area contributed by atoms with E-state index in [2.05, 4.69) is 0 Å². The maximum absolute atomic E-state index is 11.6. The third kappa shape index (κ3) is 2.49. The van der Waals surface area contributed by atoms with E-state index < -0.39 is 41.6 Å². The van der Waals surface area contributed by atoms with Gasteiger partial charge in [-0.05, 0) is 19.3 Å². The van der Waals surface area contributed by atoms with Crippen LogP contribution in [-0.4, -0.2) is 44.9 Å². The predicted molar refractivity (Wildman–Crippen MR) is 60.9 cm³/mol. The first-order valence-electron chi connectivity index (χ1n) is 5.91. The van der Waals surface area contributed by atoms with E-state index in [0.29, 0.717) is 0 Å². The van der Waals surface area contributed by atoms with Crippen molar-refractivity contribution in [1.82, 2.24) is 4.90 Å². The number of hydrogen-bond donors (Lipinski definition) is 2. The van der Waals surface area contributed by atoms with Crippen LogP contribution in [0.3, 0.4) is 0 Å². The summed E-state index contributed by atoms with van der Waals surface area (Å²) in [6, 6.07) is -0.661. The first kappa shape index (κ1) is 13.3. The summed E-state index contributed by atoms with van der Waals surface area (Å²) in [7, 11) is 0. The molecule has 2 N–H and O–H groups in total. The number of carboxylic acid groups (broad SMARTS) is 2. The van der Waals surface area contributed by atoms with E-state index in [1.54, 1.807) is 0 Å². The van der Waals surface area contributed by atoms with Crippen LogP contribution < -0.4 is 0 Å². The molecule has 1 saturated carbocycles. The van der Waals surface area contributed by atoms with Gasteiger partial charge in [-0.2, -0.15) is 0 Å². The first-order chi connectivity index (χ1) is 8.90. The number of imide groups is 1. The lowest BCUT2D eigenvalue weighted by Crippen LogP contribution is -2.47. The van der Waals surface area contributed by atoms with E-state index in [9.17, 15) is 19.2 Å². The minimum Gasteiger partial charge on any atom is -0.481 e. The number of amides is 2. The molecule has 0 aromatic carbocycles. The van der Waals surface area contributed by atoms with Crippen LogP contribution in [0.25, 0.3) is 0 Å².